The molecule has 0 aliphatic rings. The van der Waals surface area contributed by atoms with Crippen molar-refractivity contribution < 1.29 is 0 Å². The number of hydrogen-bond donors (Lipinski definition) is 2. The van der Waals surface area contributed by atoms with Crippen LogP contribution in [0.2, 0.25) is 0 Å². The molecule has 0 radical (unpaired) electrons. The highest BCUT2D eigenvalue weighted by Gasteiger charge is 2.05. The Bertz CT molecular complexity index is 588. The molecule has 2 rings (SSSR count). The molecule has 1 atom stereocenters. The fraction of sp³-hybridized carbons (Fsp3) is 0.357. The number of rotatable bonds is 5. The standard InChI is InChI=1S/C14H18BrN5/c1-4-10(3)17-14-19-13(8-16-20-14)18-11-6-5-9(2)12(15)7-11/h5-8,10H,4H2,1-3H3,(H2,17,18,19,20). The molecule has 0 bridgehead atoms. The minimum Gasteiger partial charge on any atom is -0.350 e. The van der Waals surface area contributed by atoms with Gasteiger partial charge in [-0.25, -0.2) is 0 Å². The van der Waals surface area contributed by atoms with Crippen molar-refractivity contribution in [3.05, 3.63) is 34.4 Å². The van der Waals surface area contributed by atoms with Gasteiger partial charge in [0.25, 0.3) is 0 Å². The molecule has 0 saturated carbocycles. The van der Waals surface area contributed by atoms with Crippen LogP contribution >= 0.6 is 15.9 Å². The lowest BCUT2D eigenvalue weighted by Crippen LogP contribution is -2.16. The van der Waals surface area contributed by atoms with Crippen molar-refractivity contribution in [2.45, 2.75) is 33.2 Å². The lowest BCUT2D eigenvalue weighted by Gasteiger charge is -2.12. The second-order valence-corrected chi connectivity index (χ2v) is 5.56. The lowest BCUT2D eigenvalue weighted by atomic mass is 10.2. The van der Waals surface area contributed by atoms with Gasteiger partial charge in [0.15, 0.2) is 5.82 Å². The van der Waals surface area contributed by atoms with Crippen LogP contribution in [0, 0.1) is 6.92 Å². The van der Waals surface area contributed by atoms with Crippen molar-refractivity contribution in [3.63, 3.8) is 0 Å². The Morgan fingerprint density at radius 3 is 2.85 bits per heavy atom. The third-order valence-corrected chi connectivity index (χ3v) is 3.85. The summed E-state index contributed by atoms with van der Waals surface area (Å²) in [5.74, 6) is 1.21. The van der Waals surface area contributed by atoms with Gasteiger partial charge in [0, 0.05) is 16.2 Å². The van der Waals surface area contributed by atoms with Gasteiger partial charge < -0.3 is 10.6 Å². The lowest BCUT2D eigenvalue weighted by molar-refractivity contribution is 0.746. The maximum absolute atomic E-state index is 4.40. The molecule has 0 aliphatic carbocycles. The first kappa shape index (κ1) is 14.7. The molecule has 0 spiro atoms. The molecule has 20 heavy (non-hydrogen) atoms. The summed E-state index contributed by atoms with van der Waals surface area (Å²) >= 11 is 3.52. The van der Waals surface area contributed by atoms with Crippen LogP contribution in [0.4, 0.5) is 17.5 Å². The minimum atomic E-state index is 0.320. The number of halogens is 1. The first-order chi connectivity index (χ1) is 9.58. The first-order valence-electron chi connectivity index (χ1n) is 6.58. The summed E-state index contributed by atoms with van der Waals surface area (Å²) in [6, 6.07) is 6.38. The number of nitrogens with one attached hydrogen (secondary N) is 2. The summed E-state index contributed by atoms with van der Waals surface area (Å²) in [5.41, 5.74) is 2.15. The Morgan fingerprint density at radius 2 is 2.15 bits per heavy atom. The van der Waals surface area contributed by atoms with E-state index in [9.17, 15) is 0 Å². The fourth-order valence-corrected chi connectivity index (χ4v) is 1.94. The predicted octanol–water partition coefficient (Wildman–Crippen LogP) is 3.90. The van der Waals surface area contributed by atoms with Crippen molar-refractivity contribution >= 4 is 33.4 Å². The monoisotopic (exact) mass is 335 g/mol. The molecule has 2 N–H and O–H groups in total. The average Bonchev–Trinajstić information content (AvgIpc) is 2.43. The van der Waals surface area contributed by atoms with E-state index >= 15 is 0 Å². The third-order valence-electron chi connectivity index (χ3n) is 2.99. The molecule has 2 aromatic rings. The zero-order valence-electron chi connectivity index (χ0n) is 11.8. The van der Waals surface area contributed by atoms with Crippen molar-refractivity contribution in [1.29, 1.82) is 0 Å². The third kappa shape index (κ3) is 3.90. The molecule has 0 aliphatic heterocycles. The quantitative estimate of drug-likeness (QED) is 0.867. The molecular weight excluding hydrogens is 318 g/mol. The zero-order chi connectivity index (χ0) is 14.5. The van der Waals surface area contributed by atoms with Gasteiger partial charge in [-0.1, -0.05) is 28.9 Å². The average molecular weight is 336 g/mol. The Balaban J connectivity index is 2.12. The molecule has 1 unspecified atom stereocenters. The van der Waals surface area contributed by atoms with Gasteiger partial charge in [-0.3, -0.25) is 0 Å². The van der Waals surface area contributed by atoms with Crippen LogP contribution in [0.15, 0.2) is 28.9 Å². The van der Waals surface area contributed by atoms with Gasteiger partial charge in [-0.2, -0.15) is 10.1 Å². The van der Waals surface area contributed by atoms with Gasteiger partial charge in [0.1, 0.15) is 0 Å². The number of aromatic nitrogens is 3. The van der Waals surface area contributed by atoms with E-state index in [2.05, 4.69) is 55.6 Å². The SMILES string of the molecule is CCC(C)Nc1nncc(Nc2ccc(C)c(Br)c2)n1. The van der Waals surface area contributed by atoms with Gasteiger partial charge >= 0.3 is 0 Å². The number of nitrogens with zero attached hydrogens (tertiary/aromatic N) is 3. The Hall–Kier alpha value is -1.69. The van der Waals surface area contributed by atoms with Gasteiger partial charge in [0.2, 0.25) is 5.95 Å². The normalized spacial score (nSPS) is 12.0. The highest BCUT2D eigenvalue weighted by Crippen LogP contribution is 2.22. The van der Waals surface area contributed by atoms with Crippen molar-refractivity contribution in [2.75, 3.05) is 10.6 Å². The van der Waals surface area contributed by atoms with E-state index < -0.39 is 0 Å². The Labute approximate surface area is 127 Å². The van der Waals surface area contributed by atoms with E-state index in [1.807, 2.05) is 25.1 Å². The molecule has 106 valence electrons. The number of anilines is 3. The summed E-state index contributed by atoms with van der Waals surface area (Å²) in [6.07, 6.45) is 2.61. The molecular formula is C14H18BrN5. The molecule has 1 aromatic carbocycles. The first-order valence-corrected chi connectivity index (χ1v) is 7.37. The number of benzene rings is 1. The largest absolute Gasteiger partial charge is 0.350 e. The van der Waals surface area contributed by atoms with Crippen molar-refractivity contribution in [3.8, 4) is 0 Å². The van der Waals surface area contributed by atoms with Crippen LogP contribution in [0.25, 0.3) is 0 Å². The van der Waals surface area contributed by atoms with E-state index in [1.165, 1.54) is 5.56 Å². The maximum Gasteiger partial charge on any atom is 0.244 e. The fourth-order valence-electron chi connectivity index (χ4n) is 1.57. The summed E-state index contributed by atoms with van der Waals surface area (Å²) in [4.78, 5) is 4.40. The Morgan fingerprint density at radius 1 is 1.35 bits per heavy atom. The summed E-state index contributed by atoms with van der Waals surface area (Å²) in [6.45, 7) is 6.24. The van der Waals surface area contributed by atoms with Crippen molar-refractivity contribution in [1.82, 2.24) is 15.2 Å². The van der Waals surface area contributed by atoms with Crippen LogP contribution < -0.4 is 10.6 Å². The van der Waals surface area contributed by atoms with Crippen LogP contribution in [0.1, 0.15) is 25.8 Å². The highest BCUT2D eigenvalue weighted by molar-refractivity contribution is 9.10. The Kier molecular flexibility index (Phi) is 4.89. The molecule has 0 saturated heterocycles. The number of aryl methyl sites for hydroxylation is 1. The smallest absolute Gasteiger partial charge is 0.244 e. The van der Waals surface area contributed by atoms with E-state index in [1.54, 1.807) is 6.20 Å². The predicted molar refractivity (Wildman–Crippen MR) is 85.4 cm³/mol. The van der Waals surface area contributed by atoms with Crippen LogP contribution in [0.3, 0.4) is 0 Å². The summed E-state index contributed by atoms with van der Waals surface area (Å²) in [5, 5.41) is 14.4. The van der Waals surface area contributed by atoms with Crippen LogP contribution in [-0.2, 0) is 0 Å². The molecule has 1 aromatic heterocycles. The topological polar surface area (TPSA) is 62.7 Å². The van der Waals surface area contributed by atoms with E-state index in [-0.39, 0.29) is 0 Å². The molecule has 6 heteroatoms. The van der Waals surface area contributed by atoms with E-state index in [0.29, 0.717) is 17.8 Å². The maximum atomic E-state index is 4.40. The molecule has 0 fully saturated rings. The summed E-state index contributed by atoms with van der Waals surface area (Å²) in [7, 11) is 0. The van der Waals surface area contributed by atoms with E-state index in [0.717, 1.165) is 16.6 Å². The second kappa shape index (κ2) is 6.65. The molecule has 5 nitrogen and oxygen atoms in total. The molecule has 1 heterocycles. The minimum absolute atomic E-state index is 0.320. The second-order valence-electron chi connectivity index (χ2n) is 4.71. The van der Waals surface area contributed by atoms with Crippen LogP contribution in [-0.4, -0.2) is 21.2 Å². The number of hydrogen-bond acceptors (Lipinski definition) is 5. The zero-order valence-corrected chi connectivity index (χ0v) is 13.4. The summed E-state index contributed by atoms with van der Waals surface area (Å²) < 4.78 is 1.06. The highest BCUT2D eigenvalue weighted by atomic mass is 79.9. The van der Waals surface area contributed by atoms with E-state index in [4.69, 9.17) is 0 Å². The van der Waals surface area contributed by atoms with Gasteiger partial charge in [0.05, 0.1) is 6.20 Å². The van der Waals surface area contributed by atoms with Gasteiger partial charge in [-0.05, 0) is 38.0 Å². The van der Waals surface area contributed by atoms with Crippen molar-refractivity contribution in [2.24, 2.45) is 0 Å². The molecule has 0 amide bonds. The van der Waals surface area contributed by atoms with Gasteiger partial charge in [-0.15, -0.1) is 5.10 Å². The van der Waals surface area contributed by atoms with Crippen LogP contribution in [0.5, 0.6) is 0 Å².